The van der Waals surface area contributed by atoms with Crippen molar-refractivity contribution in [2.75, 3.05) is 5.75 Å². The summed E-state index contributed by atoms with van der Waals surface area (Å²) < 4.78 is 0. The average Bonchev–Trinajstić information content (AvgIpc) is 1.97. The van der Waals surface area contributed by atoms with Gasteiger partial charge < -0.3 is 0 Å². The van der Waals surface area contributed by atoms with Gasteiger partial charge in [-0.25, -0.2) is 0 Å². The van der Waals surface area contributed by atoms with Crippen LogP contribution in [-0.4, -0.2) is 5.75 Å². The van der Waals surface area contributed by atoms with Crippen LogP contribution in [0.5, 0.6) is 0 Å². The average molecular weight is 174 g/mol. The number of hydrogen-bond donors (Lipinski definition) is 1. The van der Waals surface area contributed by atoms with Gasteiger partial charge in [-0.2, -0.15) is 12.6 Å². The lowest BCUT2D eigenvalue weighted by Crippen LogP contribution is -2.10. The van der Waals surface area contributed by atoms with E-state index in [2.05, 4.69) is 33.4 Å². The third kappa shape index (κ3) is 6.74. The molecule has 0 fully saturated rings. The summed E-state index contributed by atoms with van der Waals surface area (Å²) in [6.07, 6.45) is 6.66. The molecule has 0 bridgehead atoms. The predicted octanol–water partition coefficient (Wildman–Crippen LogP) is 3.91. The highest BCUT2D eigenvalue weighted by atomic mass is 32.1. The van der Waals surface area contributed by atoms with Crippen molar-refractivity contribution in [3.05, 3.63) is 0 Å². The highest BCUT2D eigenvalue weighted by molar-refractivity contribution is 7.80. The maximum absolute atomic E-state index is 4.22. The van der Waals surface area contributed by atoms with Crippen molar-refractivity contribution < 1.29 is 0 Å². The van der Waals surface area contributed by atoms with Crippen molar-refractivity contribution in [2.24, 2.45) is 5.41 Å². The summed E-state index contributed by atoms with van der Waals surface area (Å²) in [6.45, 7) is 6.99. The molecule has 0 aliphatic heterocycles. The molecule has 68 valence electrons. The summed E-state index contributed by atoms with van der Waals surface area (Å²) in [5.74, 6) is 1.04. The van der Waals surface area contributed by atoms with E-state index in [0.29, 0.717) is 5.41 Å². The molecule has 0 unspecified atom stereocenters. The van der Waals surface area contributed by atoms with Gasteiger partial charge in [0.05, 0.1) is 0 Å². The van der Waals surface area contributed by atoms with Crippen LogP contribution >= 0.6 is 12.6 Å². The third-order valence-corrected chi connectivity index (χ3v) is 2.54. The smallest absolute Gasteiger partial charge is 0.00977 e. The molecule has 0 aliphatic carbocycles. The van der Waals surface area contributed by atoms with Crippen LogP contribution < -0.4 is 0 Å². The van der Waals surface area contributed by atoms with E-state index in [-0.39, 0.29) is 0 Å². The van der Waals surface area contributed by atoms with E-state index in [4.69, 9.17) is 0 Å². The monoisotopic (exact) mass is 174 g/mol. The van der Waals surface area contributed by atoms with E-state index in [1.54, 1.807) is 0 Å². The summed E-state index contributed by atoms with van der Waals surface area (Å²) in [6, 6.07) is 0. The number of rotatable bonds is 6. The van der Waals surface area contributed by atoms with Crippen LogP contribution in [0.1, 0.15) is 52.9 Å². The van der Waals surface area contributed by atoms with Crippen molar-refractivity contribution in [2.45, 2.75) is 52.9 Å². The minimum absolute atomic E-state index is 0.554. The predicted molar refractivity (Wildman–Crippen MR) is 56.4 cm³/mol. The molecular weight excluding hydrogens is 152 g/mol. The highest BCUT2D eigenvalue weighted by Crippen LogP contribution is 2.28. The van der Waals surface area contributed by atoms with Crippen molar-refractivity contribution in [1.82, 2.24) is 0 Å². The zero-order valence-electron chi connectivity index (χ0n) is 8.19. The number of unbranched alkanes of at least 4 members (excludes halogenated alkanes) is 1. The molecule has 0 spiro atoms. The van der Waals surface area contributed by atoms with Gasteiger partial charge >= 0.3 is 0 Å². The molecule has 0 nitrogen and oxygen atoms in total. The molecule has 0 N–H and O–H groups in total. The van der Waals surface area contributed by atoms with Crippen LogP contribution in [0, 0.1) is 5.41 Å². The largest absolute Gasteiger partial charge is 0.179 e. The van der Waals surface area contributed by atoms with Gasteiger partial charge in [0.2, 0.25) is 0 Å². The lowest BCUT2D eigenvalue weighted by atomic mass is 9.83. The maximum atomic E-state index is 4.22. The molecule has 0 atom stereocenters. The normalized spacial score (nSPS) is 12.0. The molecule has 0 aromatic carbocycles. The molecule has 0 radical (unpaired) electrons. The molecule has 0 saturated carbocycles. The van der Waals surface area contributed by atoms with Crippen LogP contribution in [-0.2, 0) is 0 Å². The summed E-state index contributed by atoms with van der Waals surface area (Å²) in [5, 5.41) is 0. The highest BCUT2D eigenvalue weighted by Gasteiger charge is 2.15. The van der Waals surface area contributed by atoms with Crippen molar-refractivity contribution in [3.63, 3.8) is 0 Å². The van der Waals surface area contributed by atoms with Gasteiger partial charge in [0.15, 0.2) is 0 Å². The molecule has 11 heavy (non-hydrogen) atoms. The molecule has 0 aromatic rings. The van der Waals surface area contributed by atoms with Gasteiger partial charge in [-0.05, 0) is 30.4 Å². The van der Waals surface area contributed by atoms with E-state index >= 15 is 0 Å². The minimum atomic E-state index is 0.554. The van der Waals surface area contributed by atoms with Gasteiger partial charge in [0.1, 0.15) is 0 Å². The first-order chi connectivity index (χ1) is 5.12. The molecule has 0 amide bonds. The second-order valence-electron chi connectivity index (χ2n) is 4.09. The fourth-order valence-corrected chi connectivity index (χ4v) is 1.50. The Labute approximate surface area is 77.2 Å². The number of thiol groups is 1. The second kappa shape index (κ2) is 5.93. The molecule has 0 aromatic heterocycles. The standard InChI is InChI=1S/C10H22S/c1-4-5-7-10(2,3)8-6-9-11/h11H,4-9H2,1-3H3. The Bertz CT molecular complexity index is 76.9. The second-order valence-corrected chi connectivity index (χ2v) is 4.54. The summed E-state index contributed by atoms with van der Waals surface area (Å²) >= 11 is 4.22. The Morgan fingerprint density at radius 2 is 1.64 bits per heavy atom. The fraction of sp³-hybridized carbons (Fsp3) is 1.00. The lowest BCUT2D eigenvalue weighted by molar-refractivity contribution is 0.296. The van der Waals surface area contributed by atoms with Gasteiger partial charge in [0.25, 0.3) is 0 Å². The van der Waals surface area contributed by atoms with Crippen molar-refractivity contribution >= 4 is 12.6 Å². The van der Waals surface area contributed by atoms with Crippen LogP contribution in [0.3, 0.4) is 0 Å². The molecule has 0 saturated heterocycles. The summed E-state index contributed by atoms with van der Waals surface area (Å²) in [5.41, 5.74) is 0.554. The van der Waals surface area contributed by atoms with Gasteiger partial charge in [0, 0.05) is 0 Å². The zero-order valence-corrected chi connectivity index (χ0v) is 9.08. The minimum Gasteiger partial charge on any atom is -0.179 e. The topological polar surface area (TPSA) is 0 Å². The van der Waals surface area contributed by atoms with Gasteiger partial charge in [-0.3, -0.25) is 0 Å². The zero-order chi connectivity index (χ0) is 8.74. The van der Waals surface area contributed by atoms with E-state index in [9.17, 15) is 0 Å². The quantitative estimate of drug-likeness (QED) is 0.580. The van der Waals surface area contributed by atoms with Gasteiger partial charge in [-0.1, -0.05) is 33.6 Å². The van der Waals surface area contributed by atoms with Crippen LogP contribution in [0.15, 0.2) is 0 Å². The molecule has 0 heterocycles. The Hall–Kier alpha value is 0.350. The Balaban J connectivity index is 3.43. The molecule has 0 aliphatic rings. The van der Waals surface area contributed by atoms with E-state index in [1.165, 1.54) is 32.1 Å². The number of hydrogen-bond acceptors (Lipinski definition) is 1. The Kier molecular flexibility index (Phi) is 6.12. The first-order valence-corrected chi connectivity index (χ1v) is 5.36. The van der Waals surface area contributed by atoms with Crippen LogP contribution in [0.25, 0.3) is 0 Å². The van der Waals surface area contributed by atoms with Gasteiger partial charge in [-0.15, -0.1) is 0 Å². The first-order valence-electron chi connectivity index (χ1n) is 4.73. The van der Waals surface area contributed by atoms with Crippen LogP contribution in [0.4, 0.5) is 0 Å². The van der Waals surface area contributed by atoms with E-state index in [1.807, 2.05) is 0 Å². The van der Waals surface area contributed by atoms with E-state index in [0.717, 1.165) is 5.75 Å². The first kappa shape index (κ1) is 11.4. The molecule has 0 rings (SSSR count). The summed E-state index contributed by atoms with van der Waals surface area (Å²) in [7, 11) is 0. The fourth-order valence-electron chi connectivity index (χ4n) is 1.34. The maximum Gasteiger partial charge on any atom is -0.00977 e. The van der Waals surface area contributed by atoms with Crippen molar-refractivity contribution in [1.29, 1.82) is 0 Å². The molecular formula is C10H22S. The molecule has 1 heteroatoms. The Morgan fingerprint density at radius 1 is 1.09 bits per heavy atom. The van der Waals surface area contributed by atoms with Crippen molar-refractivity contribution in [3.8, 4) is 0 Å². The third-order valence-electron chi connectivity index (χ3n) is 2.22. The SMILES string of the molecule is CCCCC(C)(C)CCCS. The van der Waals surface area contributed by atoms with Crippen LogP contribution in [0.2, 0.25) is 0 Å². The lowest BCUT2D eigenvalue weighted by Gasteiger charge is -2.23. The summed E-state index contributed by atoms with van der Waals surface area (Å²) in [4.78, 5) is 0. The van der Waals surface area contributed by atoms with E-state index < -0.39 is 0 Å². The Morgan fingerprint density at radius 3 is 2.09 bits per heavy atom.